The summed E-state index contributed by atoms with van der Waals surface area (Å²) in [7, 11) is -3.63. The fourth-order valence-corrected chi connectivity index (χ4v) is 2.85. The zero-order valence-corrected chi connectivity index (χ0v) is 12.3. The molecule has 1 aliphatic rings. The van der Waals surface area contributed by atoms with Crippen LogP contribution in [0.2, 0.25) is 0 Å². The van der Waals surface area contributed by atoms with Crippen LogP contribution in [0.5, 0.6) is 0 Å². The largest absolute Gasteiger partial charge is 0.447 e. The van der Waals surface area contributed by atoms with Crippen LogP contribution in [0.25, 0.3) is 0 Å². The molecule has 0 bridgehead atoms. The summed E-state index contributed by atoms with van der Waals surface area (Å²) in [5.41, 5.74) is 0.795. The molecule has 0 saturated heterocycles. The molecule has 0 aliphatic heterocycles. The van der Waals surface area contributed by atoms with Crippen molar-refractivity contribution in [2.75, 3.05) is 0 Å². The predicted molar refractivity (Wildman–Crippen MR) is 76.8 cm³/mol. The summed E-state index contributed by atoms with van der Waals surface area (Å²) >= 11 is 0. The second-order valence-electron chi connectivity index (χ2n) is 5.06. The molecule has 2 aromatic rings. The standard InChI is InChI=1S/C14H17N3O3S/c18-21(19,17-9-11-2-1-7-15-8-11)14-6-5-13(20-14)10-16-12-3-4-12/h1-2,5-8,12,16-17H,3-4,9-10H2. The van der Waals surface area contributed by atoms with E-state index in [1.165, 1.54) is 18.9 Å². The molecule has 7 heteroatoms. The minimum atomic E-state index is -3.63. The molecule has 21 heavy (non-hydrogen) atoms. The first-order valence-corrected chi connectivity index (χ1v) is 8.32. The van der Waals surface area contributed by atoms with Gasteiger partial charge in [0.25, 0.3) is 10.0 Å². The molecule has 0 aromatic carbocycles. The van der Waals surface area contributed by atoms with Crippen molar-refractivity contribution >= 4 is 10.0 Å². The smallest absolute Gasteiger partial charge is 0.274 e. The quantitative estimate of drug-likeness (QED) is 0.808. The summed E-state index contributed by atoms with van der Waals surface area (Å²) < 4.78 is 32.1. The maximum Gasteiger partial charge on any atom is 0.274 e. The van der Waals surface area contributed by atoms with Gasteiger partial charge < -0.3 is 9.73 Å². The van der Waals surface area contributed by atoms with Crippen molar-refractivity contribution in [2.24, 2.45) is 0 Å². The fourth-order valence-electron chi connectivity index (χ4n) is 1.88. The van der Waals surface area contributed by atoms with Gasteiger partial charge in [-0.2, -0.15) is 0 Å². The third-order valence-electron chi connectivity index (χ3n) is 3.23. The van der Waals surface area contributed by atoms with E-state index >= 15 is 0 Å². The second-order valence-corrected chi connectivity index (χ2v) is 6.76. The van der Waals surface area contributed by atoms with Crippen LogP contribution in [0.1, 0.15) is 24.2 Å². The number of hydrogen-bond donors (Lipinski definition) is 2. The first kappa shape index (κ1) is 14.2. The molecule has 2 aromatic heterocycles. The van der Waals surface area contributed by atoms with E-state index in [4.69, 9.17) is 4.42 Å². The Kier molecular flexibility index (Phi) is 4.05. The lowest BCUT2D eigenvalue weighted by atomic mass is 10.3. The Hall–Kier alpha value is -1.70. The summed E-state index contributed by atoms with van der Waals surface area (Å²) in [6.45, 7) is 0.745. The molecule has 0 unspecified atom stereocenters. The molecule has 1 fully saturated rings. The van der Waals surface area contributed by atoms with Crippen molar-refractivity contribution in [3.8, 4) is 0 Å². The van der Waals surface area contributed by atoms with E-state index in [1.54, 1.807) is 24.5 Å². The zero-order chi connectivity index (χ0) is 14.7. The average molecular weight is 307 g/mol. The van der Waals surface area contributed by atoms with E-state index in [0.29, 0.717) is 18.3 Å². The van der Waals surface area contributed by atoms with Gasteiger partial charge in [0.15, 0.2) is 0 Å². The topological polar surface area (TPSA) is 84.2 Å². The summed E-state index contributed by atoms with van der Waals surface area (Å²) in [4.78, 5) is 3.94. The van der Waals surface area contributed by atoms with Crippen LogP contribution in [-0.2, 0) is 23.1 Å². The van der Waals surface area contributed by atoms with Crippen molar-refractivity contribution in [1.82, 2.24) is 15.0 Å². The zero-order valence-electron chi connectivity index (χ0n) is 11.5. The molecule has 112 valence electrons. The van der Waals surface area contributed by atoms with Gasteiger partial charge in [-0.25, -0.2) is 13.1 Å². The molecule has 0 atom stereocenters. The SMILES string of the molecule is O=S(=O)(NCc1cccnc1)c1ccc(CNC2CC2)o1. The first-order chi connectivity index (χ1) is 10.1. The minimum Gasteiger partial charge on any atom is -0.447 e. The highest BCUT2D eigenvalue weighted by Gasteiger charge is 2.22. The summed E-state index contributed by atoms with van der Waals surface area (Å²) in [6.07, 6.45) is 5.62. The Balaban J connectivity index is 1.61. The number of aromatic nitrogens is 1. The van der Waals surface area contributed by atoms with Crippen molar-refractivity contribution < 1.29 is 12.8 Å². The number of furan rings is 1. The van der Waals surface area contributed by atoms with Crippen LogP contribution in [0.15, 0.2) is 46.2 Å². The highest BCUT2D eigenvalue weighted by Crippen LogP contribution is 2.20. The Labute approximate surface area is 123 Å². The number of nitrogens with one attached hydrogen (secondary N) is 2. The Morgan fingerprint density at radius 1 is 1.24 bits per heavy atom. The molecule has 2 N–H and O–H groups in total. The van der Waals surface area contributed by atoms with Gasteiger partial charge in [-0.1, -0.05) is 6.07 Å². The summed E-state index contributed by atoms with van der Waals surface area (Å²) in [5, 5.41) is 3.22. The van der Waals surface area contributed by atoms with Crippen molar-refractivity contribution in [3.05, 3.63) is 48.0 Å². The number of rotatable bonds is 7. The number of nitrogens with zero attached hydrogens (tertiary/aromatic N) is 1. The van der Waals surface area contributed by atoms with Gasteiger partial charge in [0.2, 0.25) is 5.09 Å². The van der Waals surface area contributed by atoms with E-state index in [0.717, 1.165) is 5.56 Å². The Morgan fingerprint density at radius 2 is 2.10 bits per heavy atom. The molecule has 2 heterocycles. The van der Waals surface area contributed by atoms with Crippen LogP contribution >= 0.6 is 0 Å². The monoisotopic (exact) mass is 307 g/mol. The van der Waals surface area contributed by atoms with E-state index in [2.05, 4.69) is 15.0 Å². The molecular formula is C14H17N3O3S. The predicted octanol–water partition coefficient (Wildman–Crippen LogP) is 1.41. The van der Waals surface area contributed by atoms with Gasteiger partial charge in [-0.15, -0.1) is 0 Å². The van der Waals surface area contributed by atoms with Gasteiger partial charge >= 0.3 is 0 Å². The van der Waals surface area contributed by atoms with E-state index in [1.807, 2.05) is 6.07 Å². The van der Waals surface area contributed by atoms with Crippen molar-refractivity contribution in [1.29, 1.82) is 0 Å². The van der Waals surface area contributed by atoms with Gasteiger partial charge in [0.1, 0.15) is 5.76 Å². The van der Waals surface area contributed by atoms with Crippen LogP contribution < -0.4 is 10.0 Å². The summed E-state index contributed by atoms with van der Waals surface area (Å²) in [6, 6.07) is 7.29. The van der Waals surface area contributed by atoms with Crippen LogP contribution in [0.4, 0.5) is 0 Å². The maximum absolute atomic E-state index is 12.1. The third-order valence-corrected chi connectivity index (χ3v) is 4.51. The van der Waals surface area contributed by atoms with Crippen LogP contribution in [-0.4, -0.2) is 19.4 Å². The minimum absolute atomic E-state index is 0.0565. The van der Waals surface area contributed by atoms with Crippen LogP contribution in [0, 0.1) is 0 Å². The molecule has 3 rings (SSSR count). The lowest BCUT2D eigenvalue weighted by Gasteiger charge is -2.04. The van der Waals surface area contributed by atoms with Crippen molar-refractivity contribution in [2.45, 2.75) is 37.1 Å². The number of hydrogen-bond acceptors (Lipinski definition) is 5. The normalized spacial score (nSPS) is 15.2. The van der Waals surface area contributed by atoms with Gasteiger partial charge in [-0.3, -0.25) is 4.98 Å². The molecule has 0 spiro atoms. The highest BCUT2D eigenvalue weighted by molar-refractivity contribution is 7.89. The van der Waals surface area contributed by atoms with Gasteiger partial charge in [0.05, 0.1) is 6.54 Å². The molecule has 0 amide bonds. The second kappa shape index (κ2) is 5.97. The van der Waals surface area contributed by atoms with Gasteiger partial charge in [0, 0.05) is 25.0 Å². The van der Waals surface area contributed by atoms with Crippen LogP contribution in [0.3, 0.4) is 0 Å². The highest BCUT2D eigenvalue weighted by atomic mass is 32.2. The maximum atomic E-state index is 12.1. The first-order valence-electron chi connectivity index (χ1n) is 6.84. The molecule has 0 radical (unpaired) electrons. The molecule has 6 nitrogen and oxygen atoms in total. The lowest BCUT2D eigenvalue weighted by molar-refractivity contribution is 0.399. The summed E-state index contributed by atoms with van der Waals surface area (Å²) in [5.74, 6) is 0.628. The Bertz CT molecular complexity index is 693. The number of sulfonamides is 1. The van der Waals surface area contributed by atoms with Crippen molar-refractivity contribution in [3.63, 3.8) is 0 Å². The van der Waals surface area contributed by atoms with E-state index in [9.17, 15) is 8.42 Å². The van der Waals surface area contributed by atoms with E-state index in [-0.39, 0.29) is 11.6 Å². The number of pyridine rings is 1. The van der Waals surface area contributed by atoms with Gasteiger partial charge in [-0.05, 0) is 36.6 Å². The average Bonchev–Trinajstić information content (AvgIpc) is 3.20. The molecule has 1 saturated carbocycles. The fraction of sp³-hybridized carbons (Fsp3) is 0.357. The molecule has 1 aliphatic carbocycles. The molecular weight excluding hydrogens is 290 g/mol. The third kappa shape index (κ3) is 3.90. The van der Waals surface area contributed by atoms with E-state index < -0.39 is 10.0 Å². The lowest BCUT2D eigenvalue weighted by Crippen LogP contribution is -2.22. The Morgan fingerprint density at radius 3 is 2.81 bits per heavy atom.